The number of aliphatic imine (C=N–C) groups is 1. The molecule has 1 aliphatic rings. The van der Waals surface area contributed by atoms with E-state index in [-0.39, 0.29) is 11.9 Å². The van der Waals surface area contributed by atoms with Crippen LogP contribution >= 0.6 is 0 Å². The van der Waals surface area contributed by atoms with E-state index < -0.39 is 0 Å². The van der Waals surface area contributed by atoms with Gasteiger partial charge in [0.2, 0.25) is 5.91 Å². The molecule has 0 spiro atoms. The molecule has 0 aliphatic heterocycles. The van der Waals surface area contributed by atoms with Crippen LogP contribution in [0.4, 0.5) is 0 Å². The van der Waals surface area contributed by atoms with Crippen LogP contribution in [-0.2, 0) is 4.79 Å². The van der Waals surface area contributed by atoms with Crippen molar-refractivity contribution in [1.82, 2.24) is 10.6 Å². The summed E-state index contributed by atoms with van der Waals surface area (Å²) < 4.78 is 0. The Morgan fingerprint density at radius 3 is 2.61 bits per heavy atom. The molecule has 104 valence electrons. The Labute approximate surface area is 110 Å². The zero-order valence-electron chi connectivity index (χ0n) is 11.5. The third-order valence-electron chi connectivity index (χ3n) is 3.03. The summed E-state index contributed by atoms with van der Waals surface area (Å²) in [6.45, 7) is 4.44. The number of amides is 1. The minimum absolute atomic E-state index is 0.0861. The summed E-state index contributed by atoms with van der Waals surface area (Å²) in [6, 6.07) is 0.645. The zero-order chi connectivity index (χ0) is 13.4. The van der Waals surface area contributed by atoms with Crippen molar-refractivity contribution >= 4 is 11.9 Å². The van der Waals surface area contributed by atoms with E-state index in [4.69, 9.17) is 5.73 Å². The van der Waals surface area contributed by atoms with Crippen LogP contribution in [0.25, 0.3) is 0 Å². The third-order valence-corrected chi connectivity index (χ3v) is 3.03. The molecule has 0 saturated heterocycles. The van der Waals surface area contributed by atoms with Crippen LogP contribution in [0.3, 0.4) is 0 Å². The van der Waals surface area contributed by atoms with Crippen molar-refractivity contribution in [3.63, 3.8) is 0 Å². The quantitative estimate of drug-likeness (QED) is 0.508. The molecule has 0 aromatic carbocycles. The highest BCUT2D eigenvalue weighted by molar-refractivity contribution is 5.79. The number of nitrogens with one attached hydrogen (secondary N) is 2. The Bertz CT molecular complexity index is 283. The predicted molar refractivity (Wildman–Crippen MR) is 74.4 cm³/mol. The number of carbonyl (C=O) groups excluding carboxylic acids is 1. The summed E-state index contributed by atoms with van der Waals surface area (Å²) in [7, 11) is 0. The first-order valence-electron chi connectivity index (χ1n) is 6.93. The van der Waals surface area contributed by atoms with Crippen molar-refractivity contribution in [3.8, 4) is 0 Å². The minimum Gasteiger partial charge on any atom is -0.370 e. The van der Waals surface area contributed by atoms with Gasteiger partial charge in [-0.05, 0) is 26.7 Å². The first kappa shape index (κ1) is 14.8. The second-order valence-corrected chi connectivity index (χ2v) is 5.22. The highest BCUT2D eigenvalue weighted by atomic mass is 16.1. The standard InChI is InChI=1S/C13H26N4O/c1-10(2)16-13(14)15-9-8-12(18)17-11-6-4-3-5-7-11/h10-11H,3-9H2,1-2H3,(H,17,18)(H3,14,15,16). The Morgan fingerprint density at radius 2 is 2.00 bits per heavy atom. The highest BCUT2D eigenvalue weighted by Gasteiger charge is 2.15. The van der Waals surface area contributed by atoms with Gasteiger partial charge in [-0.1, -0.05) is 19.3 Å². The van der Waals surface area contributed by atoms with Gasteiger partial charge >= 0.3 is 0 Å². The molecule has 0 heterocycles. The van der Waals surface area contributed by atoms with Crippen LogP contribution in [0, 0.1) is 0 Å². The van der Waals surface area contributed by atoms with E-state index in [0.717, 1.165) is 12.8 Å². The highest BCUT2D eigenvalue weighted by Crippen LogP contribution is 2.17. The molecule has 0 aromatic rings. The van der Waals surface area contributed by atoms with Gasteiger partial charge in [-0.2, -0.15) is 0 Å². The second kappa shape index (κ2) is 7.95. The summed E-state index contributed by atoms with van der Waals surface area (Å²) in [5.74, 6) is 0.499. The summed E-state index contributed by atoms with van der Waals surface area (Å²) >= 11 is 0. The Morgan fingerprint density at radius 1 is 1.33 bits per heavy atom. The van der Waals surface area contributed by atoms with E-state index in [9.17, 15) is 4.79 Å². The first-order valence-corrected chi connectivity index (χ1v) is 6.93. The normalized spacial score (nSPS) is 17.8. The largest absolute Gasteiger partial charge is 0.370 e. The fourth-order valence-electron chi connectivity index (χ4n) is 2.17. The minimum atomic E-state index is 0.0861. The lowest BCUT2D eigenvalue weighted by Gasteiger charge is -2.22. The van der Waals surface area contributed by atoms with E-state index >= 15 is 0 Å². The number of nitrogens with zero attached hydrogens (tertiary/aromatic N) is 1. The average molecular weight is 254 g/mol. The Kier molecular flexibility index (Phi) is 6.54. The van der Waals surface area contributed by atoms with Crippen LogP contribution in [0.1, 0.15) is 52.4 Å². The Hall–Kier alpha value is -1.26. The fraction of sp³-hybridized carbons (Fsp3) is 0.846. The number of hydrogen-bond acceptors (Lipinski definition) is 2. The average Bonchev–Trinajstić information content (AvgIpc) is 2.29. The molecule has 1 rings (SSSR count). The maximum absolute atomic E-state index is 11.7. The lowest BCUT2D eigenvalue weighted by Crippen LogP contribution is -2.38. The van der Waals surface area contributed by atoms with Gasteiger partial charge in [0.15, 0.2) is 5.96 Å². The van der Waals surface area contributed by atoms with Crippen molar-refractivity contribution in [2.75, 3.05) is 6.54 Å². The molecule has 5 nitrogen and oxygen atoms in total. The summed E-state index contributed by atoms with van der Waals surface area (Å²) in [6.07, 6.45) is 6.41. The topological polar surface area (TPSA) is 79.5 Å². The molecule has 0 radical (unpaired) electrons. The molecule has 5 heteroatoms. The molecule has 1 saturated carbocycles. The first-order chi connectivity index (χ1) is 8.58. The van der Waals surface area contributed by atoms with Crippen molar-refractivity contribution in [1.29, 1.82) is 0 Å². The van der Waals surface area contributed by atoms with Crippen molar-refractivity contribution in [2.24, 2.45) is 10.7 Å². The molecule has 0 atom stereocenters. The van der Waals surface area contributed by atoms with Crippen LogP contribution in [-0.4, -0.2) is 30.5 Å². The van der Waals surface area contributed by atoms with Gasteiger partial charge in [0.1, 0.15) is 0 Å². The van der Waals surface area contributed by atoms with Crippen molar-refractivity contribution < 1.29 is 4.79 Å². The molecular weight excluding hydrogens is 228 g/mol. The van der Waals surface area contributed by atoms with Crippen molar-refractivity contribution in [3.05, 3.63) is 0 Å². The van der Waals surface area contributed by atoms with E-state index in [2.05, 4.69) is 15.6 Å². The van der Waals surface area contributed by atoms with Gasteiger partial charge in [0.25, 0.3) is 0 Å². The lowest BCUT2D eigenvalue weighted by molar-refractivity contribution is -0.121. The summed E-state index contributed by atoms with van der Waals surface area (Å²) in [4.78, 5) is 15.8. The van der Waals surface area contributed by atoms with Gasteiger partial charge in [-0.25, -0.2) is 0 Å². The van der Waals surface area contributed by atoms with Gasteiger partial charge in [-0.15, -0.1) is 0 Å². The summed E-state index contributed by atoms with van der Waals surface area (Å²) in [5.41, 5.74) is 5.65. The molecule has 4 N–H and O–H groups in total. The van der Waals surface area contributed by atoms with Gasteiger partial charge in [-0.3, -0.25) is 9.79 Å². The monoisotopic (exact) mass is 254 g/mol. The van der Waals surface area contributed by atoms with Gasteiger partial charge in [0, 0.05) is 18.5 Å². The number of nitrogens with two attached hydrogens (primary N) is 1. The predicted octanol–water partition coefficient (Wildman–Crippen LogP) is 1.14. The smallest absolute Gasteiger partial charge is 0.222 e. The maximum atomic E-state index is 11.7. The van der Waals surface area contributed by atoms with E-state index in [0.29, 0.717) is 25.0 Å². The van der Waals surface area contributed by atoms with Crippen LogP contribution in [0.5, 0.6) is 0 Å². The maximum Gasteiger partial charge on any atom is 0.222 e. The molecule has 0 aromatic heterocycles. The van der Waals surface area contributed by atoms with Crippen LogP contribution < -0.4 is 16.4 Å². The third kappa shape index (κ3) is 6.47. The zero-order valence-corrected chi connectivity index (χ0v) is 11.5. The van der Waals surface area contributed by atoms with E-state index in [1.54, 1.807) is 0 Å². The SMILES string of the molecule is CC(C)NC(N)=NCCC(=O)NC1CCCCC1. The van der Waals surface area contributed by atoms with Gasteiger partial charge in [0.05, 0.1) is 6.54 Å². The molecule has 0 unspecified atom stereocenters. The fourth-order valence-corrected chi connectivity index (χ4v) is 2.17. The molecule has 1 fully saturated rings. The van der Waals surface area contributed by atoms with Gasteiger partial charge < -0.3 is 16.4 Å². The number of guanidine groups is 1. The van der Waals surface area contributed by atoms with Crippen LogP contribution in [0.15, 0.2) is 4.99 Å². The molecule has 1 aliphatic carbocycles. The molecular formula is C13H26N4O. The molecule has 1 amide bonds. The summed E-state index contributed by atoms with van der Waals surface area (Å²) in [5, 5.41) is 6.06. The number of carbonyl (C=O) groups is 1. The van der Waals surface area contributed by atoms with E-state index in [1.807, 2.05) is 13.8 Å². The van der Waals surface area contributed by atoms with Crippen molar-refractivity contribution in [2.45, 2.75) is 64.5 Å². The number of hydrogen-bond donors (Lipinski definition) is 3. The lowest BCUT2D eigenvalue weighted by atomic mass is 9.95. The van der Waals surface area contributed by atoms with E-state index in [1.165, 1.54) is 19.3 Å². The molecule has 18 heavy (non-hydrogen) atoms. The van der Waals surface area contributed by atoms with Crippen LogP contribution in [0.2, 0.25) is 0 Å². The Balaban J connectivity index is 2.16. The second-order valence-electron chi connectivity index (χ2n) is 5.22. The molecule has 0 bridgehead atoms. The number of rotatable bonds is 5.